The molecule has 0 heterocycles. The molecule has 0 N–H and O–H groups in total. The standard InChI is InChI=1S/C16H14ClFO/c1-10-7-14(18)8-11(2)16(10)15(19)9-12-3-5-13(17)6-4-12/h3-8H,9H2,1-2H3. The van der Waals surface area contributed by atoms with Crippen molar-refractivity contribution < 1.29 is 9.18 Å². The van der Waals surface area contributed by atoms with E-state index in [9.17, 15) is 9.18 Å². The SMILES string of the molecule is Cc1cc(F)cc(C)c1C(=O)Cc1ccc(Cl)cc1. The molecule has 0 aromatic heterocycles. The lowest BCUT2D eigenvalue weighted by Gasteiger charge is -2.09. The summed E-state index contributed by atoms with van der Waals surface area (Å²) < 4.78 is 13.2. The Bertz CT molecular complexity index is 594. The second-order valence-corrected chi connectivity index (χ2v) is 5.08. The third-order valence-corrected chi connectivity index (χ3v) is 3.31. The number of halogens is 2. The third-order valence-electron chi connectivity index (χ3n) is 3.05. The predicted molar refractivity (Wildman–Crippen MR) is 75.4 cm³/mol. The Morgan fingerprint density at radius 1 is 1.11 bits per heavy atom. The van der Waals surface area contributed by atoms with Crippen molar-refractivity contribution in [1.29, 1.82) is 0 Å². The molecule has 98 valence electrons. The zero-order chi connectivity index (χ0) is 14.0. The van der Waals surface area contributed by atoms with E-state index in [-0.39, 0.29) is 11.6 Å². The molecular weight excluding hydrogens is 263 g/mol. The Morgan fingerprint density at radius 3 is 2.16 bits per heavy atom. The van der Waals surface area contributed by atoms with Crippen molar-refractivity contribution in [2.75, 3.05) is 0 Å². The summed E-state index contributed by atoms with van der Waals surface area (Å²) in [5.74, 6) is -0.310. The van der Waals surface area contributed by atoms with Gasteiger partial charge in [-0.3, -0.25) is 4.79 Å². The first kappa shape index (κ1) is 13.8. The number of ketones is 1. The van der Waals surface area contributed by atoms with Gasteiger partial charge >= 0.3 is 0 Å². The minimum absolute atomic E-state index is 0.00248. The first-order valence-electron chi connectivity index (χ1n) is 6.02. The van der Waals surface area contributed by atoms with Crippen LogP contribution < -0.4 is 0 Å². The Kier molecular flexibility index (Phi) is 4.01. The van der Waals surface area contributed by atoms with Crippen molar-refractivity contribution in [3.63, 3.8) is 0 Å². The van der Waals surface area contributed by atoms with Crippen molar-refractivity contribution in [1.82, 2.24) is 0 Å². The Hall–Kier alpha value is -1.67. The highest BCUT2D eigenvalue weighted by Crippen LogP contribution is 2.19. The number of aryl methyl sites for hydroxylation is 2. The molecule has 2 aromatic rings. The van der Waals surface area contributed by atoms with E-state index in [4.69, 9.17) is 11.6 Å². The van der Waals surface area contributed by atoms with E-state index >= 15 is 0 Å². The van der Waals surface area contributed by atoms with Gasteiger partial charge in [-0.1, -0.05) is 23.7 Å². The third kappa shape index (κ3) is 3.21. The monoisotopic (exact) mass is 276 g/mol. The summed E-state index contributed by atoms with van der Waals surface area (Å²) in [4.78, 5) is 12.3. The van der Waals surface area contributed by atoms with Gasteiger partial charge < -0.3 is 0 Å². The maximum absolute atomic E-state index is 13.2. The summed E-state index contributed by atoms with van der Waals surface area (Å²) >= 11 is 5.81. The van der Waals surface area contributed by atoms with Gasteiger partial charge in [-0.05, 0) is 54.8 Å². The summed E-state index contributed by atoms with van der Waals surface area (Å²) in [6, 6.07) is 9.95. The average molecular weight is 277 g/mol. The maximum Gasteiger partial charge on any atom is 0.167 e. The fourth-order valence-electron chi connectivity index (χ4n) is 2.23. The maximum atomic E-state index is 13.2. The summed E-state index contributed by atoms with van der Waals surface area (Å²) in [6.07, 6.45) is 0.296. The molecule has 0 unspecified atom stereocenters. The van der Waals surface area contributed by atoms with Gasteiger partial charge in [-0.25, -0.2) is 4.39 Å². The van der Waals surface area contributed by atoms with E-state index in [0.29, 0.717) is 28.1 Å². The summed E-state index contributed by atoms with van der Waals surface area (Å²) in [5, 5.41) is 0.644. The number of Topliss-reactive ketones (excluding diaryl/α,β-unsaturated/α-hetero) is 1. The summed E-state index contributed by atoms with van der Waals surface area (Å²) in [5.41, 5.74) is 2.86. The smallest absolute Gasteiger partial charge is 0.167 e. The molecule has 0 fully saturated rings. The molecule has 0 aliphatic heterocycles. The van der Waals surface area contributed by atoms with Crippen LogP contribution in [0.3, 0.4) is 0 Å². The van der Waals surface area contributed by atoms with Gasteiger partial charge in [0.1, 0.15) is 5.82 Å². The normalized spacial score (nSPS) is 10.5. The van der Waals surface area contributed by atoms with Crippen molar-refractivity contribution in [2.45, 2.75) is 20.3 Å². The van der Waals surface area contributed by atoms with E-state index in [1.807, 2.05) is 12.1 Å². The second kappa shape index (κ2) is 5.54. The van der Waals surface area contributed by atoms with Gasteiger partial charge in [-0.2, -0.15) is 0 Å². The van der Waals surface area contributed by atoms with Gasteiger partial charge in [0.2, 0.25) is 0 Å². The Balaban J connectivity index is 2.28. The molecule has 0 amide bonds. The van der Waals surface area contributed by atoms with Crippen LogP contribution in [0, 0.1) is 19.7 Å². The van der Waals surface area contributed by atoms with Gasteiger partial charge in [-0.15, -0.1) is 0 Å². The van der Waals surface area contributed by atoms with Crippen LogP contribution >= 0.6 is 11.6 Å². The summed E-state index contributed by atoms with van der Waals surface area (Å²) in [6.45, 7) is 3.51. The highest BCUT2D eigenvalue weighted by molar-refractivity contribution is 6.30. The van der Waals surface area contributed by atoms with E-state index in [0.717, 1.165) is 5.56 Å². The highest BCUT2D eigenvalue weighted by atomic mass is 35.5. The lowest BCUT2D eigenvalue weighted by atomic mass is 9.95. The molecule has 0 saturated heterocycles. The molecular formula is C16H14ClFO. The molecule has 0 saturated carbocycles. The zero-order valence-corrected chi connectivity index (χ0v) is 11.6. The average Bonchev–Trinajstić information content (AvgIpc) is 2.30. The lowest BCUT2D eigenvalue weighted by Crippen LogP contribution is -2.08. The number of hydrogen-bond donors (Lipinski definition) is 0. The van der Waals surface area contributed by atoms with Crippen molar-refractivity contribution in [3.8, 4) is 0 Å². The fourth-order valence-corrected chi connectivity index (χ4v) is 2.35. The molecule has 0 atom stereocenters. The van der Waals surface area contributed by atoms with Crippen LogP contribution in [-0.2, 0) is 6.42 Å². The van der Waals surface area contributed by atoms with Crippen LogP contribution in [0.2, 0.25) is 5.02 Å². The van der Waals surface area contributed by atoms with E-state index in [2.05, 4.69) is 0 Å². The largest absolute Gasteiger partial charge is 0.294 e. The quantitative estimate of drug-likeness (QED) is 0.753. The lowest BCUT2D eigenvalue weighted by molar-refractivity contribution is 0.0992. The van der Waals surface area contributed by atoms with Crippen molar-refractivity contribution in [3.05, 3.63) is 69.5 Å². The van der Waals surface area contributed by atoms with Crippen LogP contribution in [0.15, 0.2) is 36.4 Å². The first-order valence-corrected chi connectivity index (χ1v) is 6.39. The fraction of sp³-hybridized carbons (Fsp3) is 0.188. The van der Waals surface area contributed by atoms with Crippen LogP contribution in [0.25, 0.3) is 0 Å². The second-order valence-electron chi connectivity index (χ2n) is 4.64. The number of benzene rings is 2. The van der Waals surface area contributed by atoms with E-state index in [1.54, 1.807) is 26.0 Å². The van der Waals surface area contributed by atoms with Gasteiger partial charge in [0.25, 0.3) is 0 Å². The van der Waals surface area contributed by atoms with Crippen LogP contribution in [-0.4, -0.2) is 5.78 Å². The van der Waals surface area contributed by atoms with Gasteiger partial charge in [0.05, 0.1) is 0 Å². The van der Waals surface area contributed by atoms with Crippen LogP contribution in [0.1, 0.15) is 27.0 Å². The Labute approximate surface area is 117 Å². The van der Waals surface area contributed by atoms with Gasteiger partial charge in [0, 0.05) is 17.0 Å². The molecule has 2 rings (SSSR count). The van der Waals surface area contributed by atoms with E-state index < -0.39 is 0 Å². The molecule has 0 radical (unpaired) electrons. The number of carbonyl (C=O) groups is 1. The molecule has 1 nitrogen and oxygen atoms in total. The number of hydrogen-bond acceptors (Lipinski definition) is 1. The van der Waals surface area contributed by atoms with E-state index in [1.165, 1.54) is 12.1 Å². The molecule has 0 spiro atoms. The first-order chi connectivity index (χ1) is 8.97. The molecule has 19 heavy (non-hydrogen) atoms. The van der Waals surface area contributed by atoms with Crippen LogP contribution in [0.5, 0.6) is 0 Å². The number of rotatable bonds is 3. The highest BCUT2D eigenvalue weighted by Gasteiger charge is 2.14. The molecule has 0 bridgehead atoms. The number of carbonyl (C=O) groups excluding carboxylic acids is 1. The minimum Gasteiger partial charge on any atom is -0.294 e. The van der Waals surface area contributed by atoms with Crippen molar-refractivity contribution >= 4 is 17.4 Å². The Morgan fingerprint density at radius 2 is 1.63 bits per heavy atom. The zero-order valence-electron chi connectivity index (χ0n) is 10.8. The molecule has 0 aliphatic rings. The predicted octanol–water partition coefficient (Wildman–Crippen LogP) is 4.52. The van der Waals surface area contributed by atoms with Crippen LogP contribution in [0.4, 0.5) is 4.39 Å². The molecule has 0 aliphatic carbocycles. The van der Waals surface area contributed by atoms with Gasteiger partial charge in [0.15, 0.2) is 5.78 Å². The van der Waals surface area contributed by atoms with Crippen molar-refractivity contribution in [2.24, 2.45) is 0 Å². The molecule has 3 heteroatoms. The topological polar surface area (TPSA) is 17.1 Å². The minimum atomic E-state index is -0.307. The summed E-state index contributed by atoms with van der Waals surface area (Å²) in [7, 11) is 0. The molecule has 2 aromatic carbocycles.